The van der Waals surface area contributed by atoms with Gasteiger partial charge < -0.3 is 0 Å². The third kappa shape index (κ3) is 11.9. The van der Waals surface area contributed by atoms with Gasteiger partial charge in [0.05, 0.1) is 0 Å². The van der Waals surface area contributed by atoms with Crippen LogP contribution in [0.5, 0.6) is 0 Å². The second-order valence-electron chi connectivity index (χ2n) is 5.30. The van der Waals surface area contributed by atoms with Crippen molar-refractivity contribution in [3.63, 3.8) is 0 Å². The maximum absolute atomic E-state index is 1.50. The number of hydrogen-bond acceptors (Lipinski definition) is 0. The summed E-state index contributed by atoms with van der Waals surface area (Å²) in [5.41, 5.74) is 0. The van der Waals surface area contributed by atoms with E-state index < -0.39 is 0 Å². The molecule has 0 bridgehead atoms. The average Bonchev–Trinajstić information content (AvgIpc) is 2.49. The van der Waals surface area contributed by atoms with Crippen molar-refractivity contribution in [2.75, 3.05) is 0 Å². The first-order valence-corrected chi connectivity index (χ1v) is 7.50. The second-order valence-corrected chi connectivity index (χ2v) is 5.30. The van der Waals surface area contributed by atoms with E-state index in [1.54, 1.807) is 0 Å². The van der Waals surface area contributed by atoms with Gasteiger partial charge in [-0.15, -0.1) is 0 Å². The monoisotopic (exact) mass is 210 g/mol. The molecule has 0 spiro atoms. The Balaban J connectivity index is 0.000000101. The van der Waals surface area contributed by atoms with Crippen LogP contribution in [0.25, 0.3) is 0 Å². The summed E-state index contributed by atoms with van der Waals surface area (Å²) in [5, 5.41) is 0. The first-order valence-electron chi connectivity index (χ1n) is 7.50. The van der Waals surface area contributed by atoms with E-state index in [1.807, 2.05) is 0 Å². The molecule has 0 heteroatoms. The Bertz CT molecular complexity index is 69.4. The van der Waals surface area contributed by atoms with Crippen molar-refractivity contribution in [3.05, 3.63) is 0 Å². The highest BCUT2D eigenvalue weighted by Crippen LogP contribution is 2.16. The summed E-state index contributed by atoms with van der Waals surface area (Å²) in [7, 11) is 0. The fourth-order valence-electron chi connectivity index (χ4n) is 0.750. The predicted molar refractivity (Wildman–Crippen MR) is 69.3 cm³/mol. The zero-order valence-electron chi connectivity index (χ0n) is 10.6. The van der Waals surface area contributed by atoms with E-state index >= 15 is 0 Å². The Kier molecular flexibility index (Phi) is 9.16. The first-order chi connectivity index (χ1) is 7.50. The van der Waals surface area contributed by atoms with Gasteiger partial charge >= 0.3 is 0 Å². The van der Waals surface area contributed by atoms with Crippen molar-refractivity contribution >= 4 is 0 Å². The van der Waals surface area contributed by atoms with Gasteiger partial charge in [0.1, 0.15) is 0 Å². The van der Waals surface area contributed by atoms with Crippen molar-refractivity contribution in [2.45, 2.75) is 96.3 Å². The Morgan fingerprint density at radius 2 is 0.200 bits per heavy atom. The van der Waals surface area contributed by atoms with Gasteiger partial charge in [-0.3, -0.25) is 0 Å². The minimum Gasteiger partial charge on any atom is -0.0533 e. The van der Waals surface area contributed by atoms with Gasteiger partial charge in [-0.2, -0.15) is 0 Å². The van der Waals surface area contributed by atoms with E-state index in [2.05, 4.69) is 0 Å². The van der Waals surface area contributed by atoms with Crippen LogP contribution in [0, 0.1) is 0 Å². The van der Waals surface area contributed by atoms with Crippen LogP contribution in [0.1, 0.15) is 96.3 Å². The molecule has 0 aromatic rings. The zero-order valence-corrected chi connectivity index (χ0v) is 10.6. The summed E-state index contributed by atoms with van der Waals surface area (Å²) in [6.45, 7) is 0. The highest BCUT2D eigenvalue weighted by atomic mass is 14.0. The van der Waals surface area contributed by atoms with Gasteiger partial charge in [0.25, 0.3) is 0 Å². The summed E-state index contributed by atoms with van der Waals surface area (Å²) in [6.07, 6.45) is 22.5. The summed E-state index contributed by atoms with van der Waals surface area (Å²) in [5.74, 6) is 0. The smallest absolute Gasteiger partial charge is 0.0533 e. The molecule has 4 rings (SSSR count). The average molecular weight is 210 g/mol. The quantitative estimate of drug-likeness (QED) is 0.470. The summed E-state index contributed by atoms with van der Waals surface area (Å²) in [6, 6.07) is 0. The highest BCUT2D eigenvalue weighted by molar-refractivity contribution is 4.52. The van der Waals surface area contributed by atoms with Gasteiger partial charge in [0, 0.05) is 0 Å². The van der Waals surface area contributed by atoms with Crippen molar-refractivity contribution < 1.29 is 0 Å². The van der Waals surface area contributed by atoms with Crippen molar-refractivity contribution in [3.8, 4) is 0 Å². The highest BCUT2D eigenvalue weighted by Gasteiger charge is 1.96. The third-order valence-corrected chi connectivity index (χ3v) is 3.35. The molecule has 0 heterocycles. The molecule has 0 radical (unpaired) electrons. The lowest BCUT2D eigenvalue weighted by atomic mass is 10.0. The van der Waals surface area contributed by atoms with Crippen LogP contribution in [0.4, 0.5) is 0 Å². The van der Waals surface area contributed by atoms with Crippen LogP contribution in [0.3, 0.4) is 0 Å². The van der Waals surface area contributed by atoms with E-state index in [0.29, 0.717) is 0 Å². The number of rotatable bonds is 0. The minimum atomic E-state index is 1.50. The molecule has 90 valence electrons. The maximum atomic E-state index is 1.50. The summed E-state index contributed by atoms with van der Waals surface area (Å²) in [4.78, 5) is 0. The largest absolute Gasteiger partial charge is 0.0533 e. The SMILES string of the molecule is C1CC1.C1CCC1.C1CCC1.C1CCC1. The lowest BCUT2D eigenvalue weighted by Crippen LogP contribution is -1.85. The molecular formula is C15H30. The van der Waals surface area contributed by atoms with Crippen LogP contribution in [-0.2, 0) is 0 Å². The van der Waals surface area contributed by atoms with Crippen molar-refractivity contribution in [1.82, 2.24) is 0 Å². The molecule has 0 aromatic heterocycles. The Labute approximate surface area is 96.8 Å². The van der Waals surface area contributed by atoms with Gasteiger partial charge in [0.15, 0.2) is 0 Å². The molecule has 0 aliphatic heterocycles. The fourth-order valence-corrected chi connectivity index (χ4v) is 0.750. The molecule has 0 nitrogen and oxygen atoms in total. The Morgan fingerprint density at radius 3 is 0.200 bits per heavy atom. The molecule has 0 N–H and O–H groups in total. The molecule has 15 heavy (non-hydrogen) atoms. The minimum absolute atomic E-state index is 1.50. The van der Waals surface area contributed by atoms with E-state index in [0.717, 1.165) is 0 Å². The maximum Gasteiger partial charge on any atom is -0.0533 e. The second kappa shape index (κ2) is 10.5. The van der Waals surface area contributed by atoms with E-state index in [1.165, 1.54) is 96.3 Å². The van der Waals surface area contributed by atoms with Gasteiger partial charge in [-0.1, -0.05) is 96.3 Å². The van der Waals surface area contributed by atoms with Crippen molar-refractivity contribution in [1.29, 1.82) is 0 Å². The van der Waals surface area contributed by atoms with E-state index in [4.69, 9.17) is 0 Å². The molecule has 0 atom stereocenters. The Morgan fingerprint density at radius 1 is 0.133 bits per heavy atom. The normalized spacial score (nSPS) is 24.0. The summed E-state index contributed by atoms with van der Waals surface area (Å²) < 4.78 is 0. The van der Waals surface area contributed by atoms with E-state index in [-0.39, 0.29) is 0 Å². The van der Waals surface area contributed by atoms with E-state index in [9.17, 15) is 0 Å². The standard InChI is InChI=1S/3C4H8.C3H6/c3*1-2-4-3-1;1-2-3-1/h3*1-4H2;1-3H2. The van der Waals surface area contributed by atoms with Crippen LogP contribution in [-0.4, -0.2) is 0 Å². The predicted octanol–water partition coefficient (Wildman–Crippen LogP) is 5.85. The zero-order chi connectivity index (χ0) is 10.6. The Hall–Kier alpha value is 0. The van der Waals surface area contributed by atoms with Crippen LogP contribution < -0.4 is 0 Å². The third-order valence-electron chi connectivity index (χ3n) is 3.35. The molecule has 0 aromatic carbocycles. The van der Waals surface area contributed by atoms with Crippen LogP contribution in [0.2, 0.25) is 0 Å². The van der Waals surface area contributed by atoms with Crippen molar-refractivity contribution in [2.24, 2.45) is 0 Å². The van der Waals surface area contributed by atoms with Gasteiger partial charge in [0.2, 0.25) is 0 Å². The molecule has 0 amide bonds. The first kappa shape index (κ1) is 13.1. The molecular weight excluding hydrogens is 180 g/mol. The fraction of sp³-hybridized carbons (Fsp3) is 1.00. The topological polar surface area (TPSA) is 0 Å². The molecule has 4 aliphatic rings. The lowest BCUT2D eigenvalue weighted by Gasteiger charge is -2.05. The lowest BCUT2D eigenvalue weighted by molar-refractivity contribution is 0.504. The number of hydrogen-bond donors (Lipinski definition) is 0. The molecule has 0 saturated heterocycles. The molecule has 4 saturated carbocycles. The van der Waals surface area contributed by atoms with Crippen LogP contribution in [0.15, 0.2) is 0 Å². The molecule has 4 fully saturated rings. The molecule has 0 unspecified atom stereocenters. The molecule has 4 aliphatic carbocycles. The summed E-state index contributed by atoms with van der Waals surface area (Å²) >= 11 is 0. The van der Waals surface area contributed by atoms with Crippen LogP contribution >= 0.6 is 0 Å². The van der Waals surface area contributed by atoms with Gasteiger partial charge in [-0.25, -0.2) is 0 Å². The van der Waals surface area contributed by atoms with Gasteiger partial charge in [-0.05, 0) is 0 Å².